The second-order valence-electron chi connectivity index (χ2n) is 14.4. The number of ether oxygens (including phenoxy) is 1. The Kier molecular flexibility index (Phi) is 9.59. The normalized spacial score (nSPS) is 27.8. The fraction of sp³-hybridized carbons (Fsp3) is 0.839. The minimum absolute atomic E-state index is 0.0765. The summed E-state index contributed by atoms with van der Waals surface area (Å²) in [7, 11) is 1.59. The van der Waals surface area contributed by atoms with E-state index in [0.717, 1.165) is 44.9 Å². The number of ketones is 1. The number of urea groups is 1. The van der Waals surface area contributed by atoms with E-state index in [4.69, 9.17) is 10.5 Å². The molecular formula is C31H51N5O6. The predicted octanol–water partition coefficient (Wildman–Crippen LogP) is 2.12. The number of nitrogens with zero attached hydrogens (tertiary/aromatic N) is 1. The summed E-state index contributed by atoms with van der Waals surface area (Å²) in [5.74, 6) is -2.12. The molecule has 0 aromatic heterocycles. The van der Waals surface area contributed by atoms with Crippen LogP contribution in [0.3, 0.4) is 0 Å². The Morgan fingerprint density at radius 1 is 0.976 bits per heavy atom. The monoisotopic (exact) mass is 589 g/mol. The van der Waals surface area contributed by atoms with Crippen molar-refractivity contribution >= 4 is 29.5 Å². The fourth-order valence-corrected chi connectivity index (χ4v) is 7.43. The number of methoxy groups -OCH3 is 1. The molecule has 4 fully saturated rings. The number of rotatable bonds is 13. The number of nitrogens with one attached hydrogen (secondary N) is 3. The summed E-state index contributed by atoms with van der Waals surface area (Å²) in [6.45, 7) is 11.0. The van der Waals surface area contributed by atoms with Gasteiger partial charge in [-0.25, -0.2) is 4.79 Å². The Hall–Kier alpha value is -2.69. The minimum Gasteiger partial charge on any atom is -0.383 e. The second kappa shape index (κ2) is 12.5. The van der Waals surface area contributed by atoms with Crippen molar-refractivity contribution in [3.8, 4) is 0 Å². The number of amides is 5. The highest BCUT2D eigenvalue weighted by Gasteiger charge is 2.70. The lowest BCUT2D eigenvalue weighted by molar-refractivity contribution is -0.145. The van der Waals surface area contributed by atoms with E-state index in [1.54, 1.807) is 12.0 Å². The Morgan fingerprint density at radius 2 is 1.62 bits per heavy atom. The van der Waals surface area contributed by atoms with Crippen LogP contribution in [0.25, 0.3) is 0 Å². The third kappa shape index (κ3) is 6.76. The van der Waals surface area contributed by atoms with Crippen LogP contribution in [0.2, 0.25) is 0 Å². The molecule has 3 unspecified atom stereocenters. The van der Waals surface area contributed by atoms with Crippen LogP contribution in [0.4, 0.5) is 4.79 Å². The molecule has 3 saturated carbocycles. The number of hydrogen-bond donors (Lipinski definition) is 4. The van der Waals surface area contributed by atoms with Crippen LogP contribution in [0.1, 0.15) is 86.0 Å². The van der Waals surface area contributed by atoms with Crippen LogP contribution >= 0.6 is 0 Å². The molecule has 0 aromatic carbocycles. The summed E-state index contributed by atoms with van der Waals surface area (Å²) >= 11 is 0. The number of piperidine rings is 1. The lowest BCUT2D eigenvalue weighted by atomic mass is 9.70. The molecular weight excluding hydrogens is 538 g/mol. The summed E-state index contributed by atoms with van der Waals surface area (Å²) in [6, 6.07) is -3.27. The number of likely N-dealkylation sites (tertiary alicyclic amines) is 1. The molecule has 4 rings (SSSR count). The number of nitrogens with two attached hydrogens (primary N) is 1. The first-order chi connectivity index (χ1) is 19.7. The van der Waals surface area contributed by atoms with Crippen molar-refractivity contribution in [3.05, 3.63) is 0 Å². The summed E-state index contributed by atoms with van der Waals surface area (Å²) in [4.78, 5) is 67.7. The number of primary amides is 1. The van der Waals surface area contributed by atoms with Crippen molar-refractivity contribution in [1.82, 2.24) is 20.9 Å². The summed E-state index contributed by atoms with van der Waals surface area (Å²) in [5, 5.41) is 8.82. The van der Waals surface area contributed by atoms with E-state index in [-0.39, 0.29) is 41.0 Å². The summed E-state index contributed by atoms with van der Waals surface area (Å²) in [6.07, 6.45) is 6.83. The van der Waals surface area contributed by atoms with Gasteiger partial charge in [-0.2, -0.15) is 0 Å². The summed E-state index contributed by atoms with van der Waals surface area (Å²) < 4.78 is 5.29. The predicted molar refractivity (Wildman–Crippen MR) is 157 cm³/mol. The SMILES string of the molecule is COC[C@@H](NC(=O)N[C@H](C(=O)N1CC2C([C@H]1C(=O)NC(CC1CC1)C(=O)C(N)=O)C2(C)C)C1(C)CCCCC1)C(C)C. The van der Waals surface area contributed by atoms with Gasteiger partial charge in [0.1, 0.15) is 12.1 Å². The van der Waals surface area contributed by atoms with Crippen LogP contribution in [0, 0.1) is 34.5 Å². The number of fused-ring (bicyclic) bond motifs is 1. The highest BCUT2D eigenvalue weighted by Crippen LogP contribution is 2.65. The Balaban J connectivity index is 1.58. The highest BCUT2D eigenvalue weighted by atomic mass is 16.5. The first-order valence-electron chi connectivity index (χ1n) is 15.7. The number of Topliss-reactive ketones (excluding diaryl/α,β-unsaturated/α-hetero) is 1. The lowest BCUT2D eigenvalue weighted by Gasteiger charge is -2.43. The molecule has 0 bridgehead atoms. The molecule has 1 saturated heterocycles. The average molecular weight is 590 g/mol. The van der Waals surface area contributed by atoms with Gasteiger partial charge in [-0.15, -0.1) is 0 Å². The topological polar surface area (TPSA) is 160 Å². The van der Waals surface area contributed by atoms with Crippen LogP contribution < -0.4 is 21.7 Å². The van der Waals surface area contributed by atoms with Crippen LogP contribution in [-0.2, 0) is 23.9 Å². The molecule has 42 heavy (non-hydrogen) atoms. The van der Waals surface area contributed by atoms with E-state index in [0.29, 0.717) is 19.6 Å². The van der Waals surface area contributed by atoms with Crippen molar-refractivity contribution in [2.75, 3.05) is 20.3 Å². The first kappa shape index (κ1) is 32.2. The molecule has 0 radical (unpaired) electrons. The molecule has 11 heteroatoms. The Bertz CT molecular complexity index is 1070. The maximum atomic E-state index is 14.5. The molecule has 1 aliphatic heterocycles. The molecule has 5 amide bonds. The molecule has 3 aliphatic carbocycles. The first-order valence-corrected chi connectivity index (χ1v) is 15.7. The molecule has 0 spiro atoms. The van der Waals surface area contributed by atoms with Gasteiger partial charge < -0.3 is 31.3 Å². The van der Waals surface area contributed by atoms with Crippen molar-refractivity contribution in [3.63, 3.8) is 0 Å². The Morgan fingerprint density at radius 3 is 2.17 bits per heavy atom. The van der Waals surface area contributed by atoms with Gasteiger partial charge in [0.25, 0.3) is 5.91 Å². The van der Waals surface area contributed by atoms with Gasteiger partial charge in [0.15, 0.2) is 0 Å². The van der Waals surface area contributed by atoms with Crippen molar-refractivity contribution in [1.29, 1.82) is 0 Å². The van der Waals surface area contributed by atoms with E-state index in [1.165, 1.54) is 0 Å². The average Bonchev–Trinajstić information content (AvgIpc) is 3.78. The van der Waals surface area contributed by atoms with Crippen LogP contribution in [-0.4, -0.2) is 78.9 Å². The molecule has 0 aromatic rings. The molecule has 5 N–H and O–H groups in total. The van der Waals surface area contributed by atoms with Gasteiger partial charge in [-0.3, -0.25) is 19.2 Å². The second-order valence-corrected chi connectivity index (χ2v) is 14.4. The van der Waals surface area contributed by atoms with Crippen molar-refractivity contribution < 1.29 is 28.7 Å². The van der Waals surface area contributed by atoms with Crippen LogP contribution in [0.15, 0.2) is 0 Å². The van der Waals surface area contributed by atoms with Gasteiger partial charge >= 0.3 is 6.03 Å². The zero-order valence-electron chi connectivity index (χ0n) is 26.2. The minimum atomic E-state index is -1.07. The van der Waals surface area contributed by atoms with Crippen molar-refractivity contribution in [2.45, 2.75) is 110 Å². The largest absolute Gasteiger partial charge is 0.383 e. The zero-order chi connectivity index (χ0) is 31.0. The summed E-state index contributed by atoms with van der Waals surface area (Å²) in [5.41, 5.74) is 4.70. The molecule has 6 atom stereocenters. The van der Waals surface area contributed by atoms with Gasteiger partial charge in [0.05, 0.1) is 18.7 Å². The van der Waals surface area contributed by atoms with E-state index in [2.05, 4.69) is 36.7 Å². The number of carbonyl (C=O) groups excluding carboxylic acids is 5. The third-order valence-corrected chi connectivity index (χ3v) is 10.6. The van der Waals surface area contributed by atoms with E-state index >= 15 is 0 Å². The Labute approximate surface area is 249 Å². The van der Waals surface area contributed by atoms with Crippen LogP contribution in [0.5, 0.6) is 0 Å². The maximum Gasteiger partial charge on any atom is 0.315 e. The smallest absolute Gasteiger partial charge is 0.315 e. The maximum absolute atomic E-state index is 14.5. The third-order valence-electron chi connectivity index (χ3n) is 10.6. The number of carbonyl (C=O) groups is 5. The van der Waals surface area contributed by atoms with E-state index < -0.39 is 47.2 Å². The number of hydrogen-bond acceptors (Lipinski definition) is 6. The van der Waals surface area contributed by atoms with E-state index in [1.807, 2.05) is 13.8 Å². The van der Waals surface area contributed by atoms with Gasteiger partial charge in [-0.1, -0.05) is 66.7 Å². The van der Waals surface area contributed by atoms with Gasteiger partial charge in [-0.05, 0) is 53.8 Å². The molecule has 236 valence electrons. The highest BCUT2D eigenvalue weighted by molar-refractivity contribution is 6.37. The van der Waals surface area contributed by atoms with Crippen molar-refractivity contribution in [2.24, 2.45) is 40.2 Å². The van der Waals surface area contributed by atoms with Gasteiger partial charge in [0.2, 0.25) is 17.6 Å². The fourth-order valence-electron chi connectivity index (χ4n) is 7.43. The molecule has 1 heterocycles. The van der Waals surface area contributed by atoms with Gasteiger partial charge in [0, 0.05) is 13.7 Å². The standard InChI is InChI=1S/C31H51N5O6/c1-17(2)21(16-42-6)34-29(41)35-25(31(5)12-8-7-9-13-31)28(40)36-15-19-22(30(19,3)4)23(36)27(39)33-20(14-18-10-11-18)24(37)26(32)38/h17-23,25H,7-16H2,1-6H3,(H2,32,38)(H,33,39)(H2,34,35,41)/t19?,20?,21-,22?,23+,25-/m1/s1. The quantitative estimate of drug-likeness (QED) is 0.241. The molecule has 4 aliphatic rings. The van der Waals surface area contributed by atoms with E-state index in [9.17, 15) is 24.0 Å². The zero-order valence-corrected chi connectivity index (χ0v) is 26.2. The molecule has 11 nitrogen and oxygen atoms in total. The lowest BCUT2D eigenvalue weighted by Crippen LogP contribution is -2.63.